The summed E-state index contributed by atoms with van der Waals surface area (Å²) in [6.45, 7) is 1.54. The number of rotatable bonds is 6. The van der Waals surface area contributed by atoms with E-state index in [0.717, 1.165) is 0 Å². The van der Waals surface area contributed by atoms with Crippen molar-refractivity contribution in [1.82, 2.24) is 15.2 Å². The predicted octanol–water partition coefficient (Wildman–Crippen LogP) is 2.24. The molecule has 2 N–H and O–H groups in total. The summed E-state index contributed by atoms with van der Waals surface area (Å²) in [5, 5.41) is 8.60. The van der Waals surface area contributed by atoms with E-state index < -0.39 is 23.3 Å². The summed E-state index contributed by atoms with van der Waals surface area (Å²) < 4.78 is 19.1. The number of thiophene rings is 1. The smallest absolute Gasteiger partial charge is 0.311 e. The highest BCUT2D eigenvalue weighted by Crippen LogP contribution is 2.12. The summed E-state index contributed by atoms with van der Waals surface area (Å²) in [5.41, 5.74) is 2.86. The first-order valence-electron chi connectivity index (χ1n) is 8.46. The molecule has 29 heavy (non-hydrogen) atoms. The molecule has 1 aromatic carbocycles. The van der Waals surface area contributed by atoms with E-state index in [9.17, 15) is 18.8 Å². The van der Waals surface area contributed by atoms with Gasteiger partial charge in [0, 0.05) is 0 Å². The Labute approximate surface area is 168 Å². The Balaban J connectivity index is 1.99. The van der Waals surface area contributed by atoms with Gasteiger partial charge in [0.1, 0.15) is 5.82 Å². The molecule has 3 aromatic rings. The van der Waals surface area contributed by atoms with Crippen LogP contribution in [0.3, 0.4) is 0 Å². The van der Waals surface area contributed by atoms with Gasteiger partial charge in [0.2, 0.25) is 0 Å². The Kier molecular flexibility index (Phi) is 6.03. The zero-order chi connectivity index (χ0) is 21.0. The number of hydrogen-bond donors (Lipinski definition) is 2. The Morgan fingerprint density at radius 1 is 1.28 bits per heavy atom. The van der Waals surface area contributed by atoms with Gasteiger partial charge in [-0.25, -0.2) is 14.5 Å². The van der Waals surface area contributed by atoms with Crippen LogP contribution in [0.4, 0.5) is 4.39 Å². The van der Waals surface area contributed by atoms with Crippen molar-refractivity contribution in [3.63, 3.8) is 0 Å². The van der Waals surface area contributed by atoms with Crippen LogP contribution in [0.2, 0.25) is 0 Å². The normalized spacial score (nSPS) is 11.3. The number of benzene rings is 1. The number of hydrazone groups is 1. The van der Waals surface area contributed by atoms with Crippen molar-refractivity contribution >= 4 is 28.9 Å². The molecule has 0 atom stereocenters. The number of methoxy groups -OCH3 is 1. The molecule has 0 aliphatic heterocycles. The minimum Gasteiger partial charge on any atom is -0.469 e. The van der Waals surface area contributed by atoms with Gasteiger partial charge in [0.05, 0.1) is 41.1 Å². The second-order valence-corrected chi connectivity index (χ2v) is 6.90. The van der Waals surface area contributed by atoms with Crippen LogP contribution < -0.4 is 11.0 Å². The van der Waals surface area contributed by atoms with Gasteiger partial charge in [-0.3, -0.25) is 19.5 Å². The van der Waals surface area contributed by atoms with E-state index in [4.69, 9.17) is 0 Å². The lowest BCUT2D eigenvalue weighted by molar-refractivity contribution is -0.139. The molecule has 8 nitrogen and oxygen atoms in total. The number of ether oxygens (including phenoxy) is 1. The van der Waals surface area contributed by atoms with E-state index in [2.05, 4.69) is 20.4 Å². The highest BCUT2D eigenvalue weighted by atomic mass is 32.1. The maximum atomic E-state index is 13.2. The Morgan fingerprint density at radius 2 is 2.00 bits per heavy atom. The van der Waals surface area contributed by atoms with Crippen molar-refractivity contribution < 1.29 is 18.7 Å². The second kappa shape index (κ2) is 8.65. The number of nitrogens with one attached hydrogen (secondary N) is 2. The minimum atomic E-state index is -0.561. The van der Waals surface area contributed by atoms with Crippen molar-refractivity contribution in [2.75, 3.05) is 7.11 Å². The molecule has 0 aliphatic carbocycles. The fraction of sp³-hybridized carbons (Fsp3) is 0.158. The van der Waals surface area contributed by atoms with E-state index in [0.29, 0.717) is 10.6 Å². The van der Waals surface area contributed by atoms with Gasteiger partial charge in [-0.1, -0.05) is 6.07 Å². The lowest BCUT2D eigenvalue weighted by Gasteiger charge is -2.02. The van der Waals surface area contributed by atoms with Gasteiger partial charge >= 0.3 is 5.97 Å². The summed E-state index contributed by atoms with van der Waals surface area (Å²) in [4.78, 5) is 37.3. The molecule has 1 amide bonds. The number of amides is 1. The maximum absolute atomic E-state index is 13.2. The summed E-state index contributed by atoms with van der Waals surface area (Å²) in [5.74, 6) is -1.42. The van der Waals surface area contributed by atoms with E-state index in [1.807, 2.05) is 0 Å². The van der Waals surface area contributed by atoms with Crippen LogP contribution in [-0.4, -0.2) is 34.5 Å². The largest absolute Gasteiger partial charge is 0.469 e. The number of H-pyrrole nitrogens is 1. The predicted molar refractivity (Wildman–Crippen MR) is 106 cm³/mol. The first-order valence-corrected chi connectivity index (χ1v) is 9.34. The average molecular weight is 416 g/mol. The van der Waals surface area contributed by atoms with Crippen LogP contribution in [-0.2, 0) is 16.0 Å². The van der Waals surface area contributed by atoms with E-state index in [-0.39, 0.29) is 23.4 Å². The molecule has 0 radical (unpaired) electrons. The van der Waals surface area contributed by atoms with Gasteiger partial charge in [0.25, 0.3) is 11.5 Å². The summed E-state index contributed by atoms with van der Waals surface area (Å²) >= 11 is 1.25. The highest BCUT2D eigenvalue weighted by molar-refractivity contribution is 7.12. The van der Waals surface area contributed by atoms with Gasteiger partial charge in [-0.2, -0.15) is 5.10 Å². The number of aromatic nitrogens is 2. The topological polar surface area (TPSA) is 106 Å². The molecular weight excluding hydrogens is 399 g/mol. The molecular formula is C19H17FN4O4S. The van der Waals surface area contributed by atoms with Crippen LogP contribution in [0.25, 0.3) is 5.69 Å². The summed E-state index contributed by atoms with van der Waals surface area (Å²) in [7, 11) is 1.24. The minimum absolute atomic E-state index is 0.117. The van der Waals surface area contributed by atoms with Crippen LogP contribution in [0.1, 0.15) is 27.9 Å². The van der Waals surface area contributed by atoms with Crippen molar-refractivity contribution in [1.29, 1.82) is 0 Å². The average Bonchev–Trinajstić information content (AvgIpc) is 3.35. The number of carbonyl (C=O) groups is 2. The van der Waals surface area contributed by atoms with Gasteiger partial charge < -0.3 is 4.74 Å². The molecule has 0 saturated carbocycles. The van der Waals surface area contributed by atoms with Crippen molar-refractivity contribution in [2.24, 2.45) is 5.10 Å². The number of carbonyl (C=O) groups excluding carboxylic acids is 2. The molecule has 0 unspecified atom stereocenters. The summed E-state index contributed by atoms with van der Waals surface area (Å²) in [6.07, 6.45) is -0.207. The van der Waals surface area contributed by atoms with Crippen molar-refractivity contribution in [2.45, 2.75) is 13.3 Å². The number of esters is 1. The lowest BCUT2D eigenvalue weighted by atomic mass is 10.1. The van der Waals surface area contributed by atoms with E-state index in [1.54, 1.807) is 17.5 Å². The first kappa shape index (κ1) is 20.2. The third-order valence-electron chi connectivity index (χ3n) is 4.03. The number of nitrogens with zero attached hydrogens (tertiary/aromatic N) is 2. The van der Waals surface area contributed by atoms with Gasteiger partial charge in [0.15, 0.2) is 0 Å². The SMILES string of the molecule is COC(=O)Cc1[nH]n(-c2ccc(F)cc2)c(=O)c1C(C)=NNC(=O)c1cccs1. The Hall–Kier alpha value is -3.53. The van der Waals surface area contributed by atoms with E-state index >= 15 is 0 Å². The number of hydrogen-bond acceptors (Lipinski definition) is 6. The Morgan fingerprint density at radius 3 is 2.62 bits per heavy atom. The quantitative estimate of drug-likeness (QED) is 0.365. The molecule has 0 saturated heterocycles. The van der Waals surface area contributed by atoms with Gasteiger partial charge in [-0.15, -0.1) is 11.3 Å². The van der Waals surface area contributed by atoms with Crippen LogP contribution >= 0.6 is 11.3 Å². The maximum Gasteiger partial charge on any atom is 0.311 e. The molecule has 2 heterocycles. The molecule has 150 valence electrons. The lowest BCUT2D eigenvalue weighted by Crippen LogP contribution is -2.23. The van der Waals surface area contributed by atoms with Crippen LogP contribution in [0.5, 0.6) is 0 Å². The fourth-order valence-electron chi connectivity index (χ4n) is 2.63. The second-order valence-electron chi connectivity index (χ2n) is 5.95. The number of halogens is 1. The third-order valence-corrected chi connectivity index (χ3v) is 4.90. The standard InChI is InChI=1S/C19H17FN4O4S/c1-11(21-22-18(26)15-4-3-9-29-15)17-14(10-16(25)28-2)23-24(19(17)27)13-7-5-12(20)6-8-13/h3-9,23H,10H2,1-2H3,(H,22,26). The molecule has 10 heteroatoms. The fourth-order valence-corrected chi connectivity index (χ4v) is 3.24. The molecule has 3 rings (SSSR count). The van der Waals surface area contributed by atoms with Crippen LogP contribution in [0, 0.1) is 5.82 Å². The molecule has 0 bridgehead atoms. The summed E-state index contributed by atoms with van der Waals surface area (Å²) in [6, 6.07) is 8.65. The third kappa shape index (κ3) is 4.49. The monoisotopic (exact) mass is 416 g/mol. The van der Waals surface area contributed by atoms with Gasteiger partial charge in [-0.05, 0) is 42.6 Å². The molecule has 0 fully saturated rings. The van der Waals surface area contributed by atoms with Crippen molar-refractivity contribution in [3.8, 4) is 5.69 Å². The zero-order valence-electron chi connectivity index (χ0n) is 15.6. The first-order chi connectivity index (χ1) is 13.9. The Bertz CT molecular complexity index is 1110. The highest BCUT2D eigenvalue weighted by Gasteiger charge is 2.21. The molecule has 2 aromatic heterocycles. The molecule has 0 spiro atoms. The van der Waals surface area contributed by atoms with Crippen molar-refractivity contribution in [3.05, 3.63) is 74.1 Å². The van der Waals surface area contributed by atoms with E-state index in [1.165, 1.54) is 54.3 Å². The molecule has 0 aliphatic rings. The zero-order valence-corrected chi connectivity index (χ0v) is 16.4. The van der Waals surface area contributed by atoms with Crippen LogP contribution in [0.15, 0.2) is 51.7 Å². The number of aromatic amines is 1.